The lowest BCUT2D eigenvalue weighted by atomic mass is 9.94. The highest BCUT2D eigenvalue weighted by Gasteiger charge is 2.32. The normalized spacial score (nSPS) is 14.5. The molecule has 2 amide bonds. The number of ether oxygens (including phenoxy) is 1. The topological polar surface area (TPSA) is 58.6 Å². The summed E-state index contributed by atoms with van der Waals surface area (Å²) in [5.41, 5.74) is 3.13. The van der Waals surface area contributed by atoms with Crippen molar-refractivity contribution in [1.29, 1.82) is 0 Å². The van der Waals surface area contributed by atoms with E-state index in [1.165, 1.54) is 6.42 Å². The highest BCUT2D eigenvalue weighted by Crippen LogP contribution is 2.21. The summed E-state index contributed by atoms with van der Waals surface area (Å²) in [7, 11) is 0. The van der Waals surface area contributed by atoms with Gasteiger partial charge in [0.15, 0.2) is 6.61 Å². The van der Waals surface area contributed by atoms with E-state index < -0.39 is 6.04 Å². The van der Waals surface area contributed by atoms with Crippen molar-refractivity contribution in [2.24, 2.45) is 0 Å². The van der Waals surface area contributed by atoms with Gasteiger partial charge in [0.25, 0.3) is 5.91 Å². The molecule has 1 aliphatic rings. The Morgan fingerprint density at radius 2 is 1.62 bits per heavy atom. The molecule has 0 radical (unpaired) electrons. The van der Waals surface area contributed by atoms with Crippen molar-refractivity contribution >= 4 is 34.4 Å². The van der Waals surface area contributed by atoms with Gasteiger partial charge in [0.2, 0.25) is 5.91 Å². The quantitative estimate of drug-likeness (QED) is 0.284. The maximum absolute atomic E-state index is 13.8. The summed E-state index contributed by atoms with van der Waals surface area (Å²) < 4.78 is 6.97. The van der Waals surface area contributed by atoms with Crippen LogP contribution in [0.1, 0.15) is 48.8 Å². The summed E-state index contributed by atoms with van der Waals surface area (Å²) >= 11 is 2.24. The van der Waals surface area contributed by atoms with Gasteiger partial charge in [-0.15, -0.1) is 0 Å². The second-order valence-corrected chi connectivity index (χ2v) is 11.0. The van der Waals surface area contributed by atoms with Crippen LogP contribution < -0.4 is 10.1 Å². The second-order valence-electron chi connectivity index (χ2n) is 9.74. The Labute approximate surface area is 233 Å². The lowest BCUT2D eigenvalue weighted by Gasteiger charge is -2.33. The molecule has 3 aromatic rings. The fraction of sp³-hybridized carbons (Fsp3) is 0.355. The van der Waals surface area contributed by atoms with Gasteiger partial charge in [0.1, 0.15) is 11.8 Å². The average molecular weight is 611 g/mol. The molecule has 1 fully saturated rings. The Kier molecular flexibility index (Phi) is 9.99. The van der Waals surface area contributed by atoms with Gasteiger partial charge in [-0.25, -0.2) is 0 Å². The van der Waals surface area contributed by atoms with E-state index in [-0.39, 0.29) is 24.5 Å². The molecule has 0 saturated heterocycles. The SMILES string of the molecule is Cc1ccccc1CN(C(=O)COc1ccc(I)cc1)[C@@H](Cc1ccccc1)C(=O)NC1CCCCC1. The lowest BCUT2D eigenvalue weighted by molar-refractivity contribution is -0.143. The van der Waals surface area contributed by atoms with Crippen molar-refractivity contribution in [2.75, 3.05) is 6.61 Å². The monoisotopic (exact) mass is 610 g/mol. The highest BCUT2D eigenvalue weighted by molar-refractivity contribution is 14.1. The van der Waals surface area contributed by atoms with Gasteiger partial charge in [-0.3, -0.25) is 9.59 Å². The Balaban J connectivity index is 1.61. The number of aryl methyl sites for hydroxylation is 1. The van der Waals surface area contributed by atoms with Crippen LogP contribution in [0.4, 0.5) is 0 Å². The first-order chi connectivity index (χ1) is 18.0. The molecule has 0 bridgehead atoms. The number of hydrogen-bond acceptors (Lipinski definition) is 3. The zero-order valence-corrected chi connectivity index (χ0v) is 23.5. The minimum Gasteiger partial charge on any atom is -0.484 e. The van der Waals surface area contributed by atoms with Crippen molar-refractivity contribution in [3.8, 4) is 5.75 Å². The second kappa shape index (κ2) is 13.6. The van der Waals surface area contributed by atoms with Crippen LogP contribution in [0, 0.1) is 10.5 Å². The van der Waals surface area contributed by atoms with Crippen molar-refractivity contribution in [1.82, 2.24) is 10.2 Å². The molecule has 37 heavy (non-hydrogen) atoms. The third-order valence-corrected chi connectivity index (χ3v) is 7.72. The smallest absolute Gasteiger partial charge is 0.261 e. The van der Waals surface area contributed by atoms with Crippen LogP contribution in [0.2, 0.25) is 0 Å². The minimum atomic E-state index is -0.642. The first-order valence-corrected chi connectivity index (χ1v) is 14.1. The number of nitrogens with one attached hydrogen (secondary N) is 1. The molecule has 3 aromatic carbocycles. The Hall–Kier alpha value is -2.87. The lowest BCUT2D eigenvalue weighted by Crippen LogP contribution is -2.53. The fourth-order valence-corrected chi connectivity index (χ4v) is 5.19. The number of amides is 2. The van der Waals surface area contributed by atoms with Crippen molar-refractivity contribution in [2.45, 2.75) is 64.1 Å². The van der Waals surface area contributed by atoms with Gasteiger partial charge in [-0.05, 0) is 83.3 Å². The zero-order valence-electron chi connectivity index (χ0n) is 21.4. The number of halogens is 1. The summed E-state index contributed by atoms with van der Waals surface area (Å²) in [6, 6.07) is 25.1. The minimum absolute atomic E-state index is 0.0908. The molecule has 1 saturated carbocycles. The number of carbonyl (C=O) groups is 2. The van der Waals surface area contributed by atoms with E-state index in [4.69, 9.17) is 4.74 Å². The standard InChI is InChI=1S/C31H35IN2O3/c1-23-10-8-9-13-25(23)21-34(30(35)22-37-28-18-16-26(32)17-19-28)29(20-24-11-4-2-5-12-24)31(36)33-27-14-6-3-7-15-27/h2,4-5,8-13,16-19,27,29H,3,6-7,14-15,20-22H2,1H3,(H,33,36)/t29-/m0/s1. The van der Waals surface area contributed by atoms with Crippen LogP contribution in [0.25, 0.3) is 0 Å². The predicted octanol–water partition coefficient (Wildman–Crippen LogP) is 6.07. The molecule has 0 aromatic heterocycles. The maximum Gasteiger partial charge on any atom is 0.261 e. The Bertz CT molecular complexity index is 1160. The van der Waals surface area contributed by atoms with Crippen LogP contribution in [0.5, 0.6) is 5.75 Å². The summed E-state index contributed by atoms with van der Waals surface area (Å²) in [5.74, 6) is 0.337. The van der Waals surface area contributed by atoms with Crippen LogP contribution in [0.15, 0.2) is 78.9 Å². The van der Waals surface area contributed by atoms with Crippen molar-refractivity contribution in [3.05, 3.63) is 99.1 Å². The third kappa shape index (κ3) is 8.06. The van der Waals surface area contributed by atoms with Crippen LogP contribution in [0.3, 0.4) is 0 Å². The van der Waals surface area contributed by atoms with E-state index in [9.17, 15) is 9.59 Å². The van der Waals surface area contributed by atoms with Crippen molar-refractivity contribution < 1.29 is 14.3 Å². The predicted molar refractivity (Wildman–Crippen MR) is 155 cm³/mol. The maximum atomic E-state index is 13.8. The van der Waals surface area contributed by atoms with Gasteiger partial charge < -0.3 is 15.0 Å². The molecule has 6 heteroatoms. The van der Waals surface area contributed by atoms with Gasteiger partial charge in [0.05, 0.1) is 0 Å². The van der Waals surface area contributed by atoms with Gasteiger partial charge in [-0.1, -0.05) is 73.9 Å². The molecule has 0 aliphatic heterocycles. The number of hydrogen-bond donors (Lipinski definition) is 1. The molecule has 1 atom stereocenters. The van der Waals surface area contributed by atoms with E-state index in [1.54, 1.807) is 4.90 Å². The van der Waals surface area contributed by atoms with Crippen LogP contribution in [-0.4, -0.2) is 35.4 Å². The number of benzene rings is 3. The molecule has 0 heterocycles. The highest BCUT2D eigenvalue weighted by atomic mass is 127. The number of nitrogens with zero attached hydrogens (tertiary/aromatic N) is 1. The van der Waals surface area contributed by atoms with E-state index in [0.717, 1.165) is 45.9 Å². The van der Waals surface area contributed by atoms with Crippen LogP contribution in [-0.2, 0) is 22.6 Å². The van der Waals surface area contributed by atoms with Gasteiger partial charge >= 0.3 is 0 Å². The van der Waals surface area contributed by atoms with E-state index in [1.807, 2.05) is 85.8 Å². The molecular weight excluding hydrogens is 575 g/mol. The molecule has 1 aliphatic carbocycles. The number of rotatable bonds is 10. The van der Waals surface area contributed by atoms with Gasteiger partial charge in [-0.2, -0.15) is 0 Å². The largest absolute Gasteiger partial charge is 0.484 e. The zero-order chi connectivity index (χ0) is 26.0. The summed E-state index contributed by atoms with van der Waals surface area (Å²) in [5, 5.41) is 3.28. The first-order valence-electron chi connectivity index (χ1n) is 13.1. The molecule has 194 valence electrons. The Morgan fingerprint density at radius 3 is 2.32 bits per heavy atom. The third-order valence-electron chi connectivity index (χ3n) is 7.00. The first kappa shape index (κ1) is 27.2. The van der Waals surface area contributed by atoms with E-state index in [0.29, 0.717) is 18.7 Å². The molecule has 0 unspecified atom stereocenters. The summed E-state index contributed by atoms with van der Waals surface area (Å²) in [4.78, 5) is 29.3. The van der Waals surface area contributed by atoms with Crippen molar-refractivity contribution in [3.63, 3.8) is 0 Å². The van der Waals surface area contributed by atoms with E-state index in [2.05, 4.69) is 27.9 Å². The molecule has 5 nitrogen and oxygen atoms in total. The fourth-order valence-electron chi connectivity index (χ4n) is 4.83. The Morgan fingerprint density at radius 1 is 0.946 bits per heavy atom. The summed E-state index contributed by atoms with van der Waals surface area (Å²) in [6.45, 7) is 2.25. The molecular formula is C31H35IN2O3. The van der Waals surface area contributed by atoms with Crippen LogP contribution >= 0.6 is 22.6 Å². The van der Waals surface area contributed by atoms with Gasteiger partial charge in [0, 0.05) is 22.6 Å². The average Bonchev–Trinajstić information content (AvgIpc) is 2.92. The molecule has 0 spiro atoms. The summed E-state index contributed by atoms with van der Waals surface area (Å²) in [6.07, 6.45) is 5.90. The van der Waals surface area contributed by atoms with E-state index >= 15 is 0 Å². The molecule has 1 N–H and O–H groups in total. The number of carbonyl (C=O) groups excluding carboxylic acids is 2. The molecule has 4 rings (SSSR count).